The number of likely N-dealkylation sites (N-methyl/N-ethyl adjacent to an activating group) is 1. The van der Waals surface area contributed by atoms with Crippen LogP contribution in [0.1, 0.15) is 35.7 Å². The van der Waals surface area contributed by atoms with Gasteiger partial charge in [0, 0.05) is 18.9 Å². The molecule has 20 heavy (non-hydrogen) atoms. The Morgan fingerprint density at radius 2 is 2.15 bits per heavy atom. The van der Waals surface area contributed by atoms with Crippen LogP contribution in [0.5, 0.6) is 0 Å². The predicted octanol–water partition coefficient (Wildman–Crippen LogP) is 2.51. The number of nitrogens with one attached hydrogen (secondary N) is 1. The Bertz CT molecular complexity index is 575. The molecule has 4 heteroatoms. The first-order chi connectivity index (χ1) is 9.76. The van der Waals surface area contributed by atoms with Crippen molar-refractivity contribution in [2.45, 2.75) is 38.6 Å². The molecule has 1 saturated carbocycles. The second kappa shape index (κ2) is 5.75. The van der Waals surface area contributed by atoms with E-state index in [9.17, 15) is 0 Å². The highest BCUT2D eigenvalue weighted by molar-refractivity contribution is 5.27. The van der Waals surface area contributed by atoms with Crippen molar-refractivity contribution in [1.29, 1.82) is 0 Å². The number of hydrogen-bond donors (Lipinski definition) is 1. The van der Waals surface area contributed by atoms with Crippen LogP contribution in [-0.2, 0) is 12.8 Å². The highest BCUT2D eigenvalue weighted by Crippen LogP contribution is 2.33. The molecule has 1 unspecified atom stereocenters. The molecule has 0 saturated heterocycles. The Balaban J connectivity index is 1.66. The molecule has 0 aliphatic heterocycles. The Labute approximate surface area is 119 Å². The fourth-order valence-corrected chi connectivity index (χ4v) is 2.61. The molecule has 3 rings (SSSR count). The van der Waals surface area contributed by atoms with Crippen LogP contribution in [0.4, 0.5) is 0 Å². The molecule has 106 valence electrons. The minimum absolute atomic E-state index is 0.474. The second-order valence-electron chi connectivity index (χ2n) is 5.64. The molecule has 1 N–H and O–H groups in total. The molecule has 4 nitrogen and oxygen atoms in total. The van der Waals surface area contributed by atoms with Crippen molar-refractivity contribution in [2.75, 3.05) is 7.05 Å². The van der Waals surface area contributed by atoms with Crippen molar-refractivity contribution < 1.29 is 4.52 Å². The van der Waals surface area contributed by atoms with E-state index in [-0.39, 0.29) is 0 Å². The molecule has 1 atom stereocenters. The summed E-state index contributed by atoms with van der Waals surface area (Å²) >= 11 is 0. The lowest BCUT2D eigenvalue weighted by molar-refractivity contribution is 0.349. The van der Waals surface area contributed by atoms with Gasteiger partial charge in [-0.1, -0.05) is 29.4 Å². The third-order valence-corrected chi connectivity index (χ3v) is 4.08. The van der Waals surface area contributed by atoms with E-state index in [2.05, 4.69) is 34.5 Å². The molecule has 0 bridgehead atoms. The zero-order valence-corrected chi connectivity index (χ0v) is 12.1. The monoisotopic (exact) mass is 271 g/mol. The van der Waals surface area contributed by atoms with E-state index >= 15 is 0 Å². The van der Waals surface area contributed by atoms with Crippen LogP contribution in [0.3, 0.4) is 0 Å². The lowest BCUT2D eigenvalue weighted by Gasteiger charge is -2.11. The van der Waals surface area contributed by atoms with Crippen molar-refractivity contribution >= 4 is 0 Å². The summed E-state index contributed by atoms with van der Waals surface area (Å²) in [4.78, 5) is 4.53. The van der Waals surface area contributed by atoms with Crippen LogP contribution in [0.2, 0.25) is 0 Å². The number of nitrogens with zero attached hydrogens (tertiary/aromatic N) is 2. The van der Waals surface area contributed by atoms with Gasteiger partial charge in [-0.25, -0.2) is 0 Å². The highest BCUT2D eigenvalue weighted by Gasteiger charge is 2.31. The van der Waals surface area contributed by atoms with Gasteiger partial charge in [-0.05, 0) is 43.9 Å². The fourth-order valence-electron chi connectivity index (χ4n) is 2.61. The molecule has 1 aromatic carbocycles. The summed E-state index contributed by atoms with van der Waals surface area (Å²) in [6.45, 7) is 2.11. The Hall–Kier alpha value is -1.68. The SMILES string of the molecule is CNC(Cc1nc(Cc2ccccc2C)no1)C1CC1. The van der Waals surface area contributed by atoms with Gasteiger partial charge in [0.05, 0.1) is 0 Å². The van der Waals surface area contributed by atoms with E-state index in [1.165, 1.54) is 24.0 Å². The van der Waals surface area contributed by atoms with E-state index < -0.39 is 0 Å². The number of benzene rings is 1. The Kier molecular flexibility index (Phi) is 3.83. The first-order valence-corrected chi connectivity index (χ1v) is 7.29. The van der Waals surface area contributed by atoms with Crippen molar-refractivity contribution in [3.63, 3.8) is 0 Å². The van der Waals surface area contributed by atoms with Crippen LogP contribution >= 0.6 is 0 Å². The topological polar surface area (TPSA) is 51.0 Å². The van der Waals surface area contributed by atoms with Gasteiger partial charge in [-0.2, -0.15) is 4.98 Å². The number of hydrogen-bond acceptors (Lipinski definition) is 4. The zero-order valence-electron chi connectivity index (χ0n) is 12.1. The molecule has 2 aromatic rings. The first kappa shape index (κ1) is 13.3. The van der Waals surface area contributed by atoms with E-state index in [0.29, 0.717) is 6.04 Å². The summed E-state index contributed by atoms with van der Waals surface area (Å²) in [6, 6.07) is 8.80. The summed E-state index contributed by atoms with van der Waals surface area (Å²) in [5.74, 6) is 2.31. The second-order valence-corrected chi connectivity index (χ2v) is 5.64. The van der Waals surface area contributed by atoms with E-state index in [1.807, 2.05) is 19.2 Å². The van der Waals surface area contributed by atoms with E-state index in [4.69, 9.17) is 4.52 Å². The van der Waals surface area contributed by atoms with Crippen LogP contribution in [-0.4, -0.2) is 23.2 Å². The van der Waals surface area contributed by atoms with Gasteiger partial charge in [-0.3, -0.25) is 0 Å². The van der Waals surface area contributed by atoms with Crippen molar-refractivity contribution in [1.82, 2.24) is 15.5 Å². The number of aromatic nitrogens is 2. The quantitative estimate of drug-likeness (QED) is 0.877. The molecule has 0 radical (unpaired) electrons. The molecular formula is C16H21N3O. The summed E-state index contributed by atoms with van der Waals surface area (Å²) in [5, 5.41) is 7.46. The lowest BCUT2D eigenvalue weighted by Crippen LogP contribution is -2.29. The van der Waals surface area contributed by atoms with Crippen LogP contribution in [0.25, 0.3) is 0 Å². The molecular weight excluding hydrogens is 250 g/mol. The third-order valence-electron chi connectivity index (χ3n) is 4.08. The van der Waals surface area contributed by atoms with Crippen LogP contribution in [0.15, 0.2) is 28.8 Å². The van der Waals surface area contributed by atoms with Gasteiger partial charge in [0.1, 0.15) is 0 Å². The fraction of sp³-hybridized carbons (Fsp3) is 0.500. The van der Waals surface area contributed by atoms with E-state index in [1.54, 1.807) is 0 Å². The van der Waals surface area contributed by atoms with Gasteiger partial charge in [-0.15, -0.1) is 0 Å². The molecule has 1 aromatic heterocycles. The molecule has 1 heterocycles. The summed E-state index contributed by atoms with van der Waals surface area (Å²) in [6.07, 6.45) is 4.21. The third kappa shape index (κ3) is 3.07. The van der Waals surface area contributed by atoms with Crippen molar-refractivity contribution in [3.05, 3.63) is 47.1 Å². The minimum Gasteiger partial charge on any atom is -0.339 e. The van der Waals surface area contributed by atoms with Crippen LogP contribution < -0.4 is 5.32 Å². The highest BCUT2D eigenvalue weighted by atomic mass is 16.5. The maximum atomic E-state index is 5.39. The standard InChI is InChI=1S/C16H21N3O/c1-11-5-3-4-6-13(11)9-15-18-16(20-19-15)10-14(17-2)12-7-8-12/h3-6,12,14,17H,7-10H2,1-2H3. The smallest absolute Gasteiger partial charge is 0.228 e. The molecule has 0 spiro atoms. The maximum absolute atomic E-state index is 5.39. The summed E-state index contributed by atoms with van der Waals surface area (Å²) in [7, 11) is 2.01. The zero-order chi connectivity index (χ0) is 13.9. The van der Waals surface area contributed by atoms with Crippen LogP contribution in [0, 0.1) is 12.8 Å². The predicted molar refractivity (Wildman–Crippen MR) is 77.6 cm³/mol. The average molecular weight is 271 g/mol. The van der Waals surface area contributed by atoms with Gasteiger partial charge in [0.2, 0.25) is 5.89 Å². The number of rotatable bonds is 6. The summed E-state index contributed by atoms with van der Waals surface area (Å²) < 4.78 is 5.39. The number of aryl methyl sites for hydroxylation is 1. The van der Waals surface area contributed by atoms with Gasteiger partial charge in [0.25, 0.3) is 0 Å². The van der Waals surface area contributed by atoms with Crippen molar-refractivity contribution in [2.24, 2.45) is 5.92 Å². The lowest BCUT2D eigenvalue weighted by atomic mass is 10.1. The Morgan fingerprint density at radius 3 is 2.85 bits per heavy atom. The molecule has 1 fully saturated rings. The summed E-state index contributed by atoms with van der Waals surface area (Å²) in [5.41, 5.74) is 2.53. The first-order valence-electron chi connectivity index (χ1n) is 7.29. The van der Waals surface area contributed by atoms with Gasteiger partial charge >= 0.3 is 0 Å². The maximum Gasteiger partial charge on any atom is 0.228 e. The molecule has 0 amide bonds. The average Bonchev–Trinajstić information content (AvgIpc) is 3.20. The molecule has 1 aliphatic carbocycles. The van der Waals surface area contributed by atoms with Crippen molar-refractivity contribution in [3.8, 4) is 0 Å². The van der Waals surface area contributed by atoms with E-state index in [0.717, 1.165) is 30.5 Å². The Morgan fingerprint density at radius 1 is 1.35 bits per heavy atom. The van der Waals surface area contributed by atoms with Gasteiger partial charge < -0.3 is 9.84 Å². The largest absolute Gasteiger partial charge is 0.339 e. The molecule has 1 aliphatic rings. The minimum atomic E-state index is 0.474. The normalized spacial score (nSPS) is 16.3. The van der Waals surface area contributed by atoms with Gasteiger partial charge in [0.15, 0.2) is 5.82 Å².